The highest BCUT2D eigenvalue weighted by molar-refractivity contribution is 5.82. The Morgan fingerprint density at radius 3 is 2.94 bits per heavy atom. The van der Waals surface area contributed by atoms with Crippen LogP contribution in [0.4, 0.5) is 0 Å². The molecule has 0 unspecified atom stereocenters. The lowest BCUT2D eigenvalue weighted by atomic mass is 10.4. The Bertz CT molecular complexity index is 539. The summed E-state index contributed by atoms with van der Waals surface area (Å²) >= 11 is 0. The van der Waals surface area contributed by atoms with E-state index in [-0.39, 0.29) is 11.6 Å². The van der Waals surface area contributed by atoms with E-state index >= 15 is 0 Å². The van der Waals surface area contributed by atoms with Crippen molar-refractivity contribution in [2.24, 2.45) is 0 Å². The second-order valence-corrected chi connectivity index (χ2v) is 2.89. The number of rotatable bonds is 4. The van der Waals surface area contributed by atoms with E-state index in [1.54, 1.807) is 0 Å². The van der Waals surface area contributed by atoms with Crippen molar-refractivity contribution in [2.45, 2.75) is 6.92 Å². The molecule has 2 aromatic heterocycles. The van der Waals surface area contributed by atoms with Crippen LogP contribution < -0.4 is 4.74 Å². The number of nitrogens with zero attached hydrogens (tertiary/aromatic N) is 4. The average molecular weight is 236 g/mol. The van der Waals surface area contributed by atoms with Crippen LogP contribution in [-0.2, 0) is 0 Å². The molecule has 2 aromatic rings. The van der Waals surface area contributed by atoms with Gasteiger partial charge in [0.25, 0.3) is 5.89 Å². The molecule has 8 heteroatoms. The van der Waals surface area contributed by atoms with Crippen molar-refractivity contribution < 1.29 is 19.1 Å². The van der Waals surface area contributed by atoms with Crippen LogP contribution in [0.5, 0.6) is 5.88 Å². The Morgan fingerprint density at radius 1 is 1.47 bits per heavy atom. The summed E-state index contributed by atoms with van der Waals surface area (Å²) in [6.45, 7) is 2.26. The molecule has 0 bridgehead atoms. The smallest absolute Gasteiger partial charge is 0.393 e. The molecule has 2 rings (SSSR count). The Morgan fingerprint density at radius 2 is 2.29 bits per heavy atom. The van der Waals surface area contributed by atoms with E-state index in [1.165, 1.54) is 12.4 Å². The molecule has 17 heavy (non-hydrogen) atoms. The third kappa shape index (κ3) is 2.36. The number of ether oxygens (including phenoxy) is 1. The molecule has 88 valence electrons. The first-order valence-corrected chi connectivity index (χ1v) is 4.72. The van der Waals surface area contributed by atoms with Gasteiger partial charge in [0.15, 0.2) is 0 Å². The molecule has 0 atom stereocenters. The summed E-state index contributed by atoms with van der Waals surface area (Å²) in [5, 5.41) is 15.5. The molecule has 8 nitrogen and oxygen atoms in total. The first-order chi connectivity index (χ1) is 8.20. The molecule has 1 N–H and O–H groups in total. The van der Waals surface area contributed by atoms with Gasteiger partial charge in [0.1, 0.15) is 5.69 Å². The molecule has 0 aliphatic carbocycles. The lowest BCUT2D eigenvalue weighted by molar-refractivity contribution is 0.0654. The van der Waals surface area contributed by atoms with E-state index < -0.39 is 11.9 Å². The summed E-state index contributed by atoms with van der Waals surface area (Å²) in [7, 11) is 0. The van der Waals surface area contributed by atoms with Gasteiger partial charge in [0.05, 0.1) is 19.0 Å². The van der Waals surface area contributed by atoms with E-state index in [1.807, 2.05) is 6.92 Å². The van der Waals surface area contributed by atoms with Crippen molar-refractivity contribution >= 4 is 5.97 Å². The third-order valence-corrected chi connectivity index (χ3v) is 1.73. The molecule has 0 aromatic carbocycles. The van der Waals surface area contributed by atoms with Crippen molar-refractivity contribution in [2.75, 3.05) is 6.61 Å². The van der Waals surface area contributed by atoms with Crippen molar-refractivity contribution in [3.05, 3.63) is 18.3 Å². The van der Waals surface area contributed by atoms with Gasteiger partial charge >= 0.3 is 11.9 Å². The number of carboxylic acids is 1. The first-order valence-electron chi connectivity index (χ1n) is 4.72. The minimum Gasteiger partial charge on any atom is -0.477 e. The standard InChI is InChI=1S/C9H8N4O4/c1-2-16-6-4-10-3-5(11-6)7-12-13-8(17-7)9(14)15/h3-4H,2H2,1H3,(H,14,15). The van der Waals surface area contributed by atoms with Crippen LogP contribution in [0.3, 0.4) is 0 Å². The largest absolute Gasteiger partial charge is 0.477 e. The molecule has 0 spiro atoms. The fourth-order valence-electron chi connectivity index (χ4n) is 1.08. The van der Waals surface area contributed by atoms with Gasteiger partial charge in [0.2, 0.25) is 5.88 Å². The summed E-state index contributed by atoms with van der Waals surface area (Å²) in [5.41, 5.74) is 0.260. The predicted molar refractivity (Wildman–Crippen MR) is 53.5 cm³/mol. The van der Waals surface area contributed by atoms with Crippen LogP contribution in [0.15, 0.2) is 16.8 Å². The molecule has 0 aliphatic heterocycles. The van der Waals surface area contributed by atoms with Crippen molar-refractivity contribution in [1.82, 2.24) is 20.2 Å². The average Bonchev–Trinajstić information content (AvgIpc) is 2.79. The summed E-state index contributed by atoms with van der Waals surface area (Å²) in [4.78, 5) is 18.5. The van der Waals surface area contributed by atoms with Crippen molar-refractivity contribution in [1.29, 1.82) is 0 Å². The Kier molecular flexibility index (Phi) is 2.95. The molecular weight excluding hydrogens is 228 g/mol. The summed E-state index contributed by atoms with van der Waals surface area (Å²) in [6.07, 6.45) is 2.81. The van der Waals surface area contributed by atoms with Gasteiger partial charge in [-0.25, -0.2) is 9.78 Å². The topological polar surface area (TPSA) is 111 Å². The van der Waals surface area contributed by atoms with Gasteiger partial charge < -0.3 is 14.3 Å². The van der Waals surface area contributed by atoms with Crippen molar-refractivity contribution in [3.8, 4) is 17.5 Å². The zero-order valence-corrected chi connectivity index (χ0v) is 8.82. The monoisotopic (exact) mass is 236 g/mol. The van der Waals surface area contributed by atoms with Gasteiger partial charge in [-0.15, -0.1) is 10.2 Å². The van der Waals surface area contributed by atoms with Gasteiger partial charge in [-0.05, 0) is 6.92 Å². The molecule has 2 heterocycles. The summed E-state index contributed by atoms with van der Waals surface area (Å²) in [6, 6.07) is 0. The predicted octanol–water partition coefficient (Wildman–Crippen LogP) is 0.623. The van der Waals surface area contributed by atoms with Crippen LogP contribution >= 0.6 is 0 Å². The number of carbonyl (C=O) groups is 1. The highest BCUT2D eigenvalue weighted by Gasteiger charge is 2.15. The molecule has 0 saturated carbocycles. The van der Waals surface area contributed by atoms with E-state index in [4.69, 9.17) is 14.3 Å². The van der Waals surface area contributed by atoms with Gasteiger partial charge in [-0.2, -0.15) is 0 Å². The minimum absolute atomic E-state index is 0.0172. The summed E-state index contributed by atoms with van der Waals surface area (Å²) in [5.74, 6) is -1.50. The Balaban J connectivity index is 2.31. The maximum Gasteiger partial charge on any atom is 0.393 e. The first kappa shape index (κ1) is 11.0. The lowest BCUT2D eigenvalue weighted by Gasteiger charge is -2.00. The van der Waals surface area contributed by atoms with E-state index in [9.17, 15) is 4.79 Å². The van der Waals surface area contributed by atoms with Crippen molar-refractivity contribution in [3.63, 3.8) is 0 Å². The summed E-state index contributed by atoms with van der Waals surface area (Å²) < 4.78 is 10.0. The van der Waals surface area contributed by atoms with E-state index in [0.29, 0.717) is 12.5 Å². The quantitative estimate of drug-likeness (QED) is 0.822. The second-order valence-electron chi connectivity index (χ2n) is 2.89. The van der Waals surface area contributed by atoms with Gasteiger partial charge in [-0.3, -0.25) is 4.98 Å². The molecule has 0 amide bonds. The zero-order chi connectivity index (χ0) is 12.3. The minimum atomic E-state index is -1.29. The molecular formula is C9H8N4O4. The normalized spacial score (nSPS) is 10.2. The number of aromatic nitrogens is 4. The third-order valence-electron chi connectivity index (χ3n) is 1.73. The number of hydrogen-bond donors (Lipinski definition) is 1. The molecule has 0 saturated heterocycles. The molecule has 0 fully saturated rings. The number of hydrogen-bond acceptors (Lipinski definition) is 7. The Hall–Kier alpha value is -2.51. The molecule has 0 radical (unpaired) electrons. The van der Waals surface area contributed by atoms with Gasteiger partial charge in [-0.1, -0.05) is 0 Å². The van der Waals surface area contributed by atoms with Crippen LogP contribution in [0.25, 0.3) is 11.6 Å². The fourth-order valence-corrected chi connectivity index (χ4v) is 1.08. The fraction of sp³-hybridized carbons (Fsp3) is 0.222. The SMILES string of the molecule is CCOc1cncc(-c2nnc(C(=O)O)o2)n1. The van der Waals surface area contributed by atoms with Crippen LogP contribution in [0, 0.1) is 0 Å². The van der Waals surface area contributed by atoms with Crippen LogP contribution in [0.1, 0.15) is 17.6 Å². The highest BCUT2D eigenvalue weighted by atomic mass is 16.5. The van der Waals surface area contributed by atoms with Crippen LogP contribution in [-0.4, -0.2) is 37.8 Å². The second kappa shape index (κ2) is 4.56. The number of aromatic carboxylic acids is 1. The number of carboxylic acid groups (broad SMARTS) is 1. The highest BCUT2D eigenvalue weighted by Crippen LogP contribution is 2.16. The maximum atomic E-state index is 10.6. The lowest BCUT2D eigenvalue weighted by Crippen LogP contribution is -1.96. The Labute approximate surface area is 95.3 Å². The van der Waals surface area contributed by atoms with E-state index in [2.05, 4.69) is 20.2 Å². The molecule has 0 aliphatic rings. The van der Waals surface area contributed by atoms with Gasteiger partial charge in [0, 0.05) is 0 Å². The maximum absolute atomic E-state index is 10.6. The zero-order valence-electron chi connectivity index (χ0n) is 8.82. The van der Waals surface area contributed by atoms with E-state index in [0.717, 1.165) is 0 Å². The van der Waals surface area contributed by atoms with Crippen LogP contribution in [0.2, 0.25) is 0 Å².